The zero-order valence-electron chi connectivity index (χ0n) is 35.7. The number of fused-ring (bicyclic) bond motifs is 4. The van der Waals surface area contributed by atoms with E-state index in [1.807, 2.05) is 35.2 Å². The van der Waals surface area contributed by atoms with Crippen LogP contribution in [-0.4, -0.2) is 19.1 Å². The summed E-state index contributed by atoms with van der Waals surface area (Å²) in [6.07, 6.45) is 9.09. The molecule has 0 fully saturated rings. The van der Waals surface area contributed by atoms with Gasteiger partial charge in [-0.05, 0) is 80.5 Å². The van der Waals surface area contributed by atoms with E-state index in [9.17, 15) is 0 Å². The maximum absolute atomic E-state index is 6.87. The fraction of sp³-hybridized carbons (Fsp3) is 0.226. The first-order chi connectivity index (χ1) is 28.1. The fourth-order valence-electron chi connectivity index (χ4n) is 7.76. The average Bonchev–Trinajstić information content (AvgIpc) is 3.76. The van der Waals surface area contributed by atoms with Gasteiger partial charge in [0.25, 0.3) is 6.33 Å². The maximum Gasteiger partial charge on any atom is 0.268 e. The molecule has 7 heteroatoms. The van der Waals surface area contributed by atoms with Gasteiger partial charge in [0.1, 0.15) is 5.82 Å². The Labute approximate surface area is 367 Å². The van der Waals surface area contributed by atoms with Crippen LogP contribution in [0, 0.1) is 18.5 Å². The Kier molecular flexibility index (Phi) is 10.4. The molecule has 9 rings (SSSR count). The zero-order valence-corrected chi connectivity index (χ0v) is 37.9. The van der Waals surface area contributed by atoms with Gasteiger partial charge >= 0.3 is 0 Å². The van der Waals surface area contributed by atoms with Crippen molar-refractivity contribution in [1.29, 1.82) is 0 Å². The number of nitrogens with zero attached hydrogens (tertiary/aromatic N) is 5. The Morgan fingerprint density at radius 1 is 0.617 bits per heavy atom. The van der Waals surface area contributed by atoms with E-state index in [0.29, 0.717) is 17.2 Å². The van der Waals surface area contributed by atoms with Gasteiger partial charge in [-0.2, -0.15) is 6.07 Å². The molecule has 4 aromatic heterocycles. The second-order valence-electron chi connectivity index (χ2n) is 18.6. The number of aromatic nitrogens is 5. The molecule has 0 amide bonds. The van der Waals surface area contributed by atoms with Crippen LogP contribution in [0.5, 0.6) is 11.5 Å². The van der Waals surface area contributed by atoms with Crippen molar-refractivity contribution in [2.75, 3.05) is 0 Å². The molecule has 0 atom stereocenters. The Balaban J connectivity index is 0.00000499. The summed E-state index contributed by atoms with van der Waals surface area (Å²) >= 11 is 0. The van der Waals surface area contributed by atoms with Crippen LogP contribution in [0.25, 0.3) is 61.2 Å². The number of hydrogen-bond acceptors (Lipinski definition) is 3. The standard InChI is InChI=1S/C53H49N5O.Pt/c1-51(2,3)36-23-24-55-50(28-36)58-45-20-14-13-19-42(45)44-30-43(35-17-11-10-12-18-35)49(31-48(44)58)59-41-29-40(32-54-33-41)57-34-56(46-21-15-16-22-47(46)57)39-26-37(52(4,5)6)25-38(27-39)53(7,8)9;/h10-28,30,32-33H,1-9H3;/q-2;. The van der Waals surface area contributed by atoms with Crippen LogP contribution in [-0.2, 0) is 37.3 Å². The van der Waals surface area contributed by atoms with Gasteiger partial charge in [0.15, 0.2) is 0 Å². The van der Waals surface area contributed by atoms with E-state index < -0.39 is 0 Å². The molecule has 0 spiro atoms. The second-order valence-corrected chi connectivity index (χ2v) is 18.6. The molecule has 0 N–H and O–H groups in total. The van der Waals surface area contributed by atoms with Gasteiger partial charge < -0.3 is 18.9 Å². The normalized spacial score (nSPS) is 12.3. The van der Waals surface area contributed by atoms with Crippen LogP contribution in [0.3, 0.4) is 0 Å². The molecule has 60 heavy (non-hydrogen) atoms. The Hall–Kier alpha value is -5.84. The first-order valence-corrected chi connectivity index (χ1v) is 20.3. The number of hydrogen-bond donors (Lipinski definition) is 0. The molecule has 0 unspecified atom stereocenters. The average molecular weight is 967 g/mol. The van der Waals surface area contributed by atoms with Crippen LogP contribution in [0.1, 0.15) is 79.0 Å². The van der Waals surface area contributed by atoms with E-state index in [4.69, 9.17) is 14.7 Å². The molecule has 0 aliphatic rings. The predicted octanol–water partition coefficient (Wildman–Crippen LogP) is 12.5. The maximum atomic E-state index is 6.87. The largest absolute Gasteiger partial charge is 0.508 e. The third-order valence-electron chi connectivity index (χ3n) is 11.2. The minimum absolute atomic E-state index is 0. The fourth-order valence-corrected chi connectivity index (χ4v) is 7.76. The molecule has 0 aliphatic heterocycles. The third kappa shape index (κ3) is 7.58. The predicted molar refractivity (Wildman–Crippen MR) is 239 cm³/mol. The first kappa shape index (κ1) is 40.9. The molecule has 0 bridgehead atoms. The van der Waals surface area contributed by atoms with Gasteiger partial charge in [-0.15, -0.1) is 17.5 Å². The number of pyridine rings is 2. The molecule has 5 aromatic carbocycles. The second kappa shape index (κ2) is 15.3. The van der Waals surface area contributed by atoms with Gasteiger partial charge in [0.05, 0.1) is 16.7 Å². The van der Waals surface area contributed by atoms with Crippen molar-refractivity contribution >= 4 is 32.8 Å². The summed E-state index contributed by atoms with van der Waals surface area (Å²) in [6.45, 7) is 20.3. The molecule has 304 valence electrons. The number of ether oxygens (including phenoxy) is 1. The Bertz CT molecular complexity index is 3000. The summed E-state index contributed by atoms with van der Waals surface area (Å²) in [5.74, 6) is 1.87. The van der Waals surface area contributed by atoms with Crippen molar-refractivity contribution in [1.82, 2.24) is 19.1 Å². The van der Waals surface area contributed by atoms with Crippen molar-refractivity contribution in [3.05, 3.63) is 169 Å². The number of rotatable bonds is 6. The molecule has 6 nitrogen and oxygen atoms in total. The minimum atomic E-state index is -0.0453. The van der Waals surface area contributed by atoms with Gasteiger partial charge in [0.2, 0.25) is 0 Å². The smallest absolute Gasteiger partial charge is 0.268 e. The summed E-state index contributed by atoms with van der Waals surface area (Å²) in [5, 5.41) is 2.18. The van der Waals surface area contributed by atoms with E-state index in [-0.39, 0.29) is 37.3 Å². The topological polar surface area (TPSA) is 48.8 Å². The summed E-state index contributed by atoms with van der Waals surface area (Å²) in [5.41, 5.74) is 11.3. The molecule has 0 aliphatic carbocycles. The zero-order chi connectivity index (χ0) is 41.3. The van der Waals surface area contributed by atoms with Crippen LogP contribution in [0.4, 0.5) is 0 Å². The first-order valence-electron chi connectivity index (χ1n) is 20.3. The van der Waals surface area contributed by atoms with Gasteiger partial charge in [-0.1, -0.05) is 164 Å². The van der Waals surface area contributed by atoms with Crippen LogP contribution < -0.4 is 9.30 Å². The summed E-state index contributed by atoms with van der Waals surface area (Å²) in [6, 6.07) is 47.9. The van der Waals surface area contributed by atoms with Crippen molar-refractivity contribution in [3.8, 4) is 39.8 Å². The molecular formula is C53H49N5OPt-2. The number of benzene rings is 5. The summed E-state index contributed by atoms with van der Waals surface area (Å²) in [7, 11) is 0. The van der Waals surface area contributed by atoms with E-state index in [0.717, 1.165) is 55.5 Å². The number of imidazole rings is 1. The molecular weight excluding hydrogens is 918 g/mol. The van der Waals surface area contributed by atoms with Crippen molar-refractivity contribution in [2.24, 2.45) is 0 Å². The van der Waals surface area contributed by atoms with Gasteiger partial charge in [-0.3, -0.25) is 4.57 Å². The Morgan fingerprint density at radius 2 is 1.27 bits per heavy atom. The third-order valence-corrected chi connectivity index (χ3v) is 11.2. The van der Waals surface area contributed by atoms with E-state index in [1.165, 1.54) is 16.7 Å². The van der Waals surface area contributed by atoms with Crippen LogP contribution in [0.15, 0.2) is 134 Å². The van der Waals surface area contributed by atoms with Crippen molar-refractivity contribution in [2.45, 2.75) is 78.6 Å². The SMILES string of the molecule is CC(C)(C)c1cc(-[n+]2[c-]n(-c3[c-]c(Oc4[c-]c5c(cc4-c4ccccc4)c4ccccc4n5-c4cc(C(C)(C)C)ccn4)cnc3)c3ccccc32)cc(C(C)(C)C)c1.[Pt]. The Morgan fingerprint density at radius 3 is 1.97 bits per heavy atom. The minimum Gasteiger partial charge on any atom is -0.508 e. The molecule has 0 saturated heterocycles. The van der Waals surface area contributed by atoms with Crippen LogP contribution >= 0.6 is 0 Å². The van der Waals surface area contributed by atoms with Crippen molar-refractivity contribution in [3.63, 3.8) is 0 Å². The molecule has 9 aromatic rings. The molecule has 4 heterocycles. The quantitative estimate of drug-likeness (QED) is 0.123. The number of para-hydroxylation sites is 3. The van der Waals surface area contributed by atoms with E-state index in [2.05, 4.69) is 187 Å². The molecule has 0 saturated carbocycles. The van der Waals surface area contributed by atoms with Crippen LogP contribution in [0.2, 0.25) is 0 Å². The summed E-state index contributed by atoms with van der Waals surface area (Å²) in [4.78, 5) is 9.60. The monoisotopic (exact) mass is 966 g/mol. The van der Waals surface area contributed by atoms with Gasteiger partial charge in [-0.25, -0.2) is 4.98 Å². The van der Waals surface area contributed by atoms with E-state index >= 15 is 0 Å². The van der Waals surface area contributed by atoms with E-state index in [1.54, 1.807) is 6.20 Å². The summed E-state index contributed by atoms with van der Waals surface area (Å²) < 4.78 is 13.2. The molecule has 0 radical (unpaired) electrons. The van der Waals surface area contributed by atoms with Gasteiger partial charge in [0, 0.05) is 44.3 Å². The van der Waals surface area contributed by atoms with Crippen molar-refractivity contribution < 1.29 is 30.4 Å².